The molecule has 0 spiro atoms. The largest absolute Gasteiger partial charge is 0.357 e. The molecule has 0 saturated carbocycles. The first-order valence-electron chi connectivity index (χ1n) is 8.97. The second-order valence-corrected chi connectivity index (χ2v) is 7.08. The minimum Gasteiger partial charge on any atom is -0.357 e. The van der Waals surface area contributed by atoms with E-state index in [0.29, 0.717) is 25.2 Å². The van der Waals surface area contributed by atoms with Gasteiger partial charge in [0.2, 0.25) is 0 Å². The molecule has 0 aliphatic carbocycles. The standard InChI is InChI=1S/C19H27BrN6O/c1-5-21-19(24-12-17-13(2)25-26(4)14(17)3)23-10-9-22-18(27)15-7-6-8-16(20)11-15/h6-8,11H,5,9-10,12H2,1-4H3,(H,22,27)(H2,21,23,24). The molecule has 8 heteroatoms. The average molecular weight is 435 g/mol. The molecule has 0 atom stereocenters. The molecular weight excluding hydrogens is 408 g/mol. The van der Waals surface area contributed by atoms with E-state index in [1.54, 1.807) is 12.1 Å². The van der Waals surface area contributed by atoms with Crippen LogP contribution in [0.25, 0.3) is 0 Å². The number of carbonyl (C=O) groups excluding carboxylic acids is 1. The fourth-order valence-electron chi connectivity index (χ4n) is 2.63. The van der Waals surface area contributed by atoms with E-state index >= 15 is 0 Å². The van der Waals surface area contributed by atoms with E-state index in [0.717, 1.165) is 33.9 Å². The van der Waals surface area contributed by atoms with Gasteiger partial charge in [0, 0.05) is 48.0 Å². The van der Waals surface area contributed by atoms with Gasteiger partial charge in [0.05, 0.1) is 12.2 Å². The Morgan fingerprint density at radius 1 is 1.22 bits per heavy atom. The van der Waals surface area contributed by atoms with Crippen molar-refractivity contribution >= 4 is 27.8 Å². The quantitative estimate of drug-likeness (QED) is 0.354. The molecule has 0 aliphatic heterocycles. The predicted octanol–water partition coefficient (Wildman–Crippen LogP) is 2.28. The van der Waals surface area contributed by atoms with Crippen molar-refractivity contribution in [1.82, 2.24) is 25.7 Å². The minimum absolute atomic E-state index is 0.0957. The van der Waals surface area contributed by atoms with Gasteiger partial charge in [-0.3, -0.25) is 9.48 Å². The van der Waals surface area contributed by atoms with Crippen molar-refractivity contribution in [3.63, 3.8) is 0 Å². The highest BCUT2D eigenvalue weighted by atomic mass is 79.9. The number of benzene rings is 1. The molecule has 3 N–H and O–H groups in total. The lowest BCUT2D eigenvalue weighted by Crippen LogP contribution is -2.41. The van der Waals surface area contributed by atoms with Gasteiger partial charge in [-0.15, -0.1) is 0 Å². The minimum atomic E-state index is -0.0957. The van der Waals surface area contributed by atoms with Crippen LogP contribution in [0.15, 0.2) is 33.7 Å². The third kappa shape index (κ3) is 6.09. The van der Waals surface area contributed by atoms with Crippen LogP contribution in [-0.4, -0.2) is 41.3 Å². The monoisotopic (exact) mass is 434 g/mol. The Labute approximate surface area is 168 Å². The van der Waals surface area contributed by atoms with Gasteiger partial charge in [-0.25, -0.2) is 4.99 Å². The smallest absolute Gasteiger partial charge is 0.251 e. The lowest BCUT2D eigenvalue weighted by atomic mass is 10.2. The molecular formula is C19H27BrN6O. The van der Waals surface area contributed by atoms with Gasteiger partial charge in [0.1, 0.15) is 0 Å². The number of hydrogen-bond donors (Lipinski definition) is 3. The Morgan fingerprint density at radius 2 is 1.96 bits per heavy atom. The number of rotatable bonds is 7. The zero-order valence-corrected chi connectivity index (χ0v) is 17.9. The maximum atomic E-state index is 12.1. The number of amides is 1. The number of nitrogens with zero attached hydrogens (tertiary/aromatic N) is 3. The Hall–Kier alpha value is -2.35. The Bertz CT molecular complexity index is 815. The number of aromatic nitrogens is 2. The molecule has 0 radical (unpaired) electrons. The van der Waals surface area contributed by atoms with E-state index < -0.39 is 0 Å². The van der Waals surface area contributed by atoms with Crippen molar-refractivity contribution in [3.05, 3.63) is 51.3 Å². The lowest BCUT2D eigenvalue weighted by molar-refractivity contribution is 0.0954. The molecule has 1 heterocycles. The summed E-state index contributed by atoms with van der Waals surface area (Å²) < 4.78 is 2.76. The number of aryl methyl sites for hydroxylation is 2. The van der Waals surface area contributed by atoms with Crippen molar-refractivity contribution in [2.75, 3.05) is 19.6 Å². The van der Waals surface area contributed by atoms with Crippen LogP contribution < -0.4 is 16.0 Å². The number of nitrogens with one attached hydrogen (secondary N) is 3. The van der Waals surface area contributed by atoms with Crippen LogP contribution in [0, 0.1) is 13.8 Å². The summed E-state index contributed by atoms with van der Waals surface area (Å²) in [6.07, 6.45) is 0. The molecule has 27 heavy (non-hydrogen) atoms. The van der Waals surface area contributed by atoms with Gasteiger partial charge >= 0.3 is 0 Å². The van der Waals surface area contributed by atoms with Gasteiger partial charge in [-0.05, 0) is 39.0 Å². The average Bonchev–Trinajstić information content (AvgIpc) is 2.88. The second kappa shape index (κ2) is 10.1. The topological polar surface area (TPSA) is 83.3 Å². The highest BCUT2D eigenvalue weighted by molar-refractivity contribution is 9.10. The van der Waals surface area contributed by atoms with Crippen molar-refractivity contribution in [1.29, 1.82) is 0 Å². The van der Waals surface area contributed by atoms with Gasteiger partial charge in [-0.1, -0.05) is 22.0 Å². The summed E-state index contributed by atoms with van der Waals surface area (Å²) in [6.45, 7) is 8.47. The molecule has 1 amide bonds. The van der Waals surface area contributed by atoms with Crippen LogP contribution in [-0.2, 0) is 13.6 Å². The first-order valence-corrected chi connectivity index (χ1v) is 9.76. The summed E-state index contributed by atoms with van der Waals surface area (Å²) in [5.41, 5.74) is 3.88. The summed E-state index contributed by atoms with van der Waals surface area (Å²) in [6, 6.07) is 7.32. The van der Waals surface area contributed by atoms with E-state index in [1.807, 2.05) is 44.6 Å². The van der Waals surface area contributed by atoms with Crippen LogP contribution in [0.4, 0.5) is 0 Å². The van der Waals surface area contributed by atoms with E-state index in [1.165, 1.54) is 0 Å². The maximum absolute atomic E-state index is 12.1. The highest BCUT2D eigenvalue weighted by Crippen LogP contribution is 2.13. The number of guanidine groups is 1. The van der Waals surface area contributed by atoms with Crippen molar-refractivity contribution < 1.29 is 4.79 Å². The molecule has 146 valence electrons. The molecule has 1 aromatic heterocycles. The normalized spacial score (nSPS) is 11.4. The SMILES string of the molecule is CCNC(=NCc1c(C)nn(C)c1C)NCCNC(=O)c1cccc(Br)c1. The van der Waals surface area contributed by atoms with Crippen LogP contribution in [0.1, 0.15) is 34.2 Å². The molecule has 0 saturated heterocycles. The first-order chi connectivity index (χ1) is 12.9. The van der Waals surface area contributed by atoms with Gasteiger partial charge in [-0.2, -0.15) is 5.10 Å². The van der Waals surface area contributed by atoms with E-state index in [2.05, 4.69) is 42.0 Å². The molecule has 7 nitrogen and oxygen atoms in total. The van der Waals surface area contributed by atoms with Crippen LogP contribution in [0.5, 0.6) is 0 Å². The third-order valence-electron chi connectivity index (χ3n) is 4.19. The predicted molar refractivity (Wildman–Crippen MR) is 112 cm³/mol. The summed E-state index contributed by atoms with van der Waals surface area (Å²) in [7, 11) is 1.94. The van der Waals surface area contributed by atoms with Crippen molar-refractivity contribution in [2.24, 2.45) is 12.0 Å². The van der Waals surface area contributed by atoms with E-state index in [9.17, 15) is 4.79 Å². The molecule has 2 aromatic rings. The number of aliphatic imine (C=N–C) groups is 1. The summed E-state index contributed by atoms with van der Waals surface area (Å²) in [5, 5.41) is 13.8. The summed E-state index contributed by atoms with van der Waals surface area (Å²) >= 11 is 3.37. The number of carbonyl (C=O) groups is 1. The summed E-state index contributed by atoms with van der Waals surface area (Å²) in [5.74, 6) is 0.624. The van der Waals surface area contributed by atoms with Gasteiger partial charge < -0.3 is 16.0 Å². The Balaban J connectivity index is 1.86. The van der Waals surface area contributed by atoms with Gasteiger partial charge in [0.25, 0.3) is 5.91 Å². The second-order valence-electron chi connectivity index (χ2n) is 6.16. The molecule has 0 fully saturated rings. The molecule has 0 aliphatic rings. The van der Waals surface area contributed by atoms with Crippen LogP contribution in [0.3, 0.4) is 0 Å². The first kappa shape index (κ1) is 21.0. The van der Waals surface area contributed by atoms with E-state index in [4.69, 9.17) is 0 Å². The maximum Gasteiger partial charge on any atom is 0.251 e. The molecule has 1 aromatic carbocycles. The van der Waals surface area contributed by atoms with Crippen molar-refractivity contribution in [2.45, 2.75) is 27.3 Å². The zero-order chi connectivity index (χ0) is 19.8. The third-order valence-corrected chi connectivity index (χ3v) is 4.68. The van der Waals surface area contributed by atoms with Crippen LogP contribution >= 0.6 is 15.9 Å². The lowest BCUT2D eigenvalue weighted by Gasteiger charge is -2.12. The Kier molecular flexibility index (Phi) is 7.84. The van der Waals surface area contributed by atoms with Crippen LogP contribution in [0.2, 0.25) is 0 Å². The fraction of sp³-hybridized carbons (Fsp3) is 0.421. The Morgan fingerprint density at radius 3 is 2.59 bits per heavy atom. The molecule has 0 unspecified atom stereocenters. The van der Waals surface area contributed by atoms with Crippen molar-refractivity contribution in [3.8, 4) is 0 Å². The van der Waals surface area contributed by atoms with Gasteiger partial charge in [0.15, 0.2) is 5.96 Å². The summed E-state index contributed by atoms with van der Waals surface area (Å²) in [4.78, 5) is 16.8. The molecule has 0 bridgehead atoms. The number of halogens is 1. The highest BCUT2D eigenvalue weighted by Gasteiger charge is 2.09. The van der Waals surface area contributed by atoms with E-state index in [-0.39, 0.29) is 5.91 Å². The number of hydrogen-bond acceptors (Lipinski definition) is 3. The molecule has 2 rings (SSSR count). The fourth-order valence-corrected chi connectivity index (χ4v) is 3.03. The zero-order valence-electron chi connectivity index (χ0n) is 16.3.